The van der Waals surface area contributed by atoms with Crippen LogP contribution in [0.3, 0.4) is 0 Å². The molecule has 0 aliphatic rings. The van der Waals surface area contributed by atoms with Crippen molar-refractivity contribution in [3.63, 3.8) is 0 Å². The molecule has 0 aliphatic heterocycles. The Morgan fingerprint density at radius 2 is 2.00 bits per heavy atom. The van der Waals surface area contributed by atoms with E-state index in [1.807, 2.05) is 0 Å². The summed E-state index contributed by atoms with van der Waals surface area (Å²) in [5.41, 5.74) is 0.304. The lowest BCUT2D eigenvalue weighted by Crippen LogP contribution is -2.17. The van der Waals surface area contributed by atoms with Gasteiger partial charge in [0, 0.05) is 0 Å². The molecule has 0 saturated heterocycles. The zero-order chi connectivity index (χ0) is 10.6. The van der Waals surface area contributed by atoms with Crippen molar-refractivity contribution in [1.29, 1.82) is 0 Å². The van der Waals surface area contributed by atoms with E-state index in [1.165, 1.54) is 12.1 Å². The predicted octanol–water partition coefficient (Wildman–Crippen LogP) is 2.21. The molecule has 1 rings (SSSR count). The van der Waals surface area contributed by atoms with Crippen molar-refractivity contribution >= 4 is 11.6 Å². The van der Waals surface area contributed by atoms with Crippen LogP contribution < -0.4 is 0 Å². The molecule has 1 heterocycles. The van der Waals surface area contributed by atoms with E-state index in [4.69, 9.17) is 11.6 Å². The van der Waals surface area contributed by atoms with Crippen LogP contribution in [-0.2, 0) is 11.3 Å². The number of hydrogen-bond donors (Lipinski definition) is 0. The normalized spacial score (nSPS) is 11.7. The van der Waals surface area contributed by atoms with E-state index in [-0.39, 0.29) is 11.8 Å². The fourth-order valence-electron chi connectivity index (χ4n) is 0.692. The molecule has 0 saturated carbocycles. The second-order valence-corrected chi connectivity index (χ2v) is 2.84. The van der Waals surface area contributed by atoms with Gasteiger partial charge in [0.1, 0.15) is 6.61 Å². The van der Waals surface area contributed by atoms with Gasteiger partial charge in [0.2, 0.25) is 0 Å². The maximum atomic E-state index is 11.6. The lowest BCUT2D eigenvalue weighted by atomic mass is 10.4. The van der Waals surface area contributed by atoms with E-state index in [1.54, 1.807) is 0 Å². The number of aromatic nitrogens is 2. The zero-order valence-electron chi connectivity index (χ0n) is 6.88. The molecule has 1 aromatic rings. The molecule has 0 N–H and O–H groups in total. The molecule has 1 aromatic heterocycles. The minimum atomic E-state index is -4.32. The third-order valence-corrected chi connectivity index (χ3v) is 1.40. The van der Waals surface area contributed by atoms with E-state index in [2.05, 4.69) is 14.9 Å². The Balaban J connectivity index is 2.35. The molecule has 0 radical (unpaired) electrons. The van der Waals surface area contributed by atoms with Gasteiger partial charge in [-0.2, -0.15) is 18.3 Å². The van der Waals surface area contributed by atoms with Crippen LogP contribution in [0.1, 0.15) is 5.69 Å². The molecule has 0 spiro atoms. The zero-order valence-corrected chi connectivity index (χ0v) is 7.64. The van der Waals surface area contributed by atoms with Crippen molar-refractivity contribution in [3.8, 4) is 0 Å². The first-order valence-corrected chi connectivity index (χ1v) is 3.98. The first-order valence-electron chi connectivity index (χ1n) is 3.60. The van der Waals surface area contributed by atoms with E-state index in [0.29, 0.717) is 5.69 Å². The molecule has 0 atom stereocenters. The predicted molar refractivity (Wildman–Crippen MR) is 42.8 cm³/mol. The highest BCUT2D eigenvalue weighted by atomic mass is 35.5. The van der Waals surface area contributed by atoms with Crippen LogP contribution in [0.15, 0.2) is 12.1 Å². The minimum absolute atomic E-state index is 0.185. The summed E-state index contributed by atoms with van der Waals surface area (Å²) in [5, 5.41) is 7.16. The fourth-order valence-corrected chi connectivity index (χ4v) is 0.793. The Bertz CT molecular complexity index is 288. The van der Waals surface area contributed by atoms with Crippen LogP contribution >= 0.6 is 11.6 Å². The third-order valence-electron chi connectivity index (χ3n) is 1.20. The van der Waals surface area contributed by atoms with Crippen LogP contribution in [0, 0.1) is 0 Å². The summed E-state index contributed by atoms with van der Waals surface area (Å²) >= 11 is 5.42. The number of hydrogen-bond acceptors (Lipinski definition) is 3. The van der Waals surface area contributed by atoms with Crippen molar-refractivity contribution < 1.29 is 17.9 Å². The van der Waals surface area contributed by atoms with Crippen LogP contribution in [0.2, 0.25) is 5.15 Å². The van der Waals surface area contributed by atoms with Gasteiger partial charge in [0.25, 0.3) is 0 Å². The monoisotopic (exact) mass is 226 g/mol. The Kier molecular flexibility index (Phi) is 3.65. The molecule has 14 heavy (non-hydrogen) atoms. The van der Waals surface area contributed by atoms with E-state index < -0.39 is 12.8 Å². The summed E-state index contributed by atoms with van der Waals surface area (Å²) in [5.74, 6) is 0. The summed E-state index contributed by atoms with van der Waals surface area (Å²) in [6, 6.07) is 2.88. The quantitative estimate of drug-likeness (QED) is 0.793. The van der Waals surface area contributed by atoms with E-state index >= 15 is 0 Å². The average molecular weight is 227 g/mol. The summed E-state index contributed by atoms with van der Waals surface area (Å²) in [6.07, 6.45) is -4.32. The van der Waals surface area contributed by atoms with E-state index in [9.17, 15) is 13.2 Å². The van der Waals surface area contributed by atoms with Gasteiger partial charge in [0.15, 0.2) is 5.15 Å². The van der Waals surface area contributed by atoms with Crippen LogP contribution in [0.4, 0.5) is 13.2 Å². The summed E-state index contributed by atoms with van der Waals surface area (Å²) in [4.78, 5) is 0. The Hall–Kier alpha value is -0.880. The molecule has 0 amide bonds. The first kappa shape index (κ1) is 11.2. The fraction of sp³-hybridized carbons (Fsp3) is 0.429. The van der Waals surface area contributed by atoms with Crippen LogP contribution in [-0.4, -0.2) is 23.0 Å². The Morgan fingerprint density at radius 1 is 1.29 bits per heavy atom. The maximum Gasteiger partial charge on any atom is 0.411 e. The largest absolute Gasteiger partial charge is 0.411 e. The molecule has 0 fully saturated rings. The molecule has 7 heteroatoms. The molecule has 0 aromatic carbocycles. The molecule has 0 aliphatic carbocycles. The van der Waals surface area contributed by atoms with Gasteiger partial charge in [-0.25, -0.2) is 0 Å². The lowest BCUT2D eigenvalue weighted by molar-refractivity contribution is -0.176. The molecular weight excluding hydrogens is 221 g/mol. The van der Waals surface area contributed by atoms with E-state index in [0.717, 1.165) is 0 Å². The van der Waals surface area contributed by atoms with Gasteiger partial charge < -0.3 is 4.74 Å². The number of alkyl halides is 3. The van der Waals surface area contributed by atoms with Crippen molar-refractivity contribution in [2.75, 3.05) is 6.61 Å². The van der Waals surface area contributed by atoms with Crippen molar-refractivity contribution in [2.45, 2.75) is 12.8 Å². The van der Waals surface area contributed by atoms with Gasteiger partial charge in [0.05, 0.1) is 12.3 Å². The van der Waals surface area contributed by atoms with Gasteiger partial charge in [-0.15, -0.1) is 5.10 Å². The third kappa shape index (κ3) is 4.38. The second-order valence-electron chi connectivity index (χ2n) is 2.46. The summed E-state index contributed by atoms with van der Waals surface area (Å²) in [6.45, 7) is -1.53. The second kappa shape index (κ2) is 4.56. The Labute approximate surface area is 82.8 Å². The van der Waals surface area contributed by atoms with Crippen molar-refractivity contribution in [1.82, 2.24) is 10.2 Å². The van der Waals surface area contributed by atoms with Gasteiger partial charge in [-0.05, 0) is 12.1 Å². The van der Waals surface area contributed by atoms with Crippen LogP contribution in [0.5, 0.6) is 0 Å². The number of nitrogens with zero attached hydrogens (tertiary/aromatic N) is 2. The SMILES string of the molecule is FC(F)(F)COCc1ccc(Cl)nn1. The van der Waals surface area contributed by atoms with Gasteiger partial charge in [-0.3, -0.25) is 0 Å². The molecule has 0 unspecified atom stereocenters. The first-order chi connectivity index (χ1) is 6.47. The molecular formula is C7H6ClF3N2O. The highest BCUT2D eigenvalue weighted by molar-refractivity contribution is 6.29. The standard InChI is InChI=1S/C7H6ClF3N2O/c8-6-2-1-5(12-13-6)3-14-4-7(9,10)11/h1-2H,3-4H2. The Morgan fingerprint density at radius 3 is 2.50 bits per heavy atom. The molecule has 0 bridgehead atoms. The highest BCUT2D eigenvalue weighted by Gasteiger charge is 2.27. The number of halogens is 4. The summed E-state index contributed by atoms with van der Waals surface area (Å²) < 4.78 is 39.3. The smallest absolute Gasteiger partial charge is 0.366 e. The summed E-state index contributed by atoms with van der Waals surface area (Å²) in [7, 11) is 0. The number of ether oxygens (including phenoxy) is 1. The van der Waals surface area contributed by atoms with Gasteiger partial charge in [-0.1, -0.05) is 11.6 Å². The van der Waals surface area contributed by atoms with Crippen molar-refractivity contribution in [2.24, 2.45) is 0 Å². The minimum Gasteiger partial charge on any atom is -0.366 e. The van der Waals surface area contributed by atoms with Gasteiger partial charge >= 0.3 is 6.18 Å². The molecule has 78 valence electrons. The molecule has 3 nitrogen and oxygen atoms in total. The number of rotatable bonds is 3. The van der Waals surface area contributed by atoms with Crippen LogP contribution in [0.25, 0.3) is 0 Å². The van der Waals surface area contributed by atoms with Crippen molar-refractivity contribution in [3.05, 3.63) is 23.0 Å². The highest BCUT2D eigenvalue weighted by Crippen LogP contribution is 2.15. The average Bonchev–Trinajstić information content (AvgIpc) is 2.06. The maximum absolute atomic E-state index is 11.6. The topological polar surface area (TPSA) is 35.0 Å². The lowest BCUT2D eigenvalue weighted by Gasteiger charge is -2.06.